The van der Waals surface area contributed by atoms with Crippen LogP contribution in [0, 0.1) is 0 Å². The van der Waals surface area contributed by atoms with Crippen molar-refractivity contribution in [3.05, 3.63) is 47.5 Å². The van der Waals surface area contributed by atoms with Crippen LogP contribution in [0.3, 0.4) is 0 Å². The maximum atomic E-state index is 5.68. The Morgan fingerprint density at radius 2 is 1.86 bits per heavy atom. The molecule has 1 unspecified atom stereocenters. The first-order valence-electron chi connectivity index (χ1n) is 8.36. The van der Waals surface area contributed by atoms with Gasteiger partial charge in [-0.2, -0.15) is 0 Å². The predicted molar refractivity (Wildman–Crippen MR) is 87.6 cm³/mol. The number of hydrogen-bond acceptors (Lipinski definition) is 2. The molecule has 3 rings (SSSR count). The van der Waals surface area contributed by atoms with E-state index in [2.05, 4.69) is 48.8 Å². The molecule has 0 saturated carbocycles. The second-order valence-electron chi connectivity index (χ2n) is 6.38. The molecule has 0 aromatic heterocycles. The molecule has 1 aliphatic carbocycles. The van der Waals surface area contributed by atoms with Crippen LogP contribution in [0.2, 0.25) is 0 Å². The fraction of sp³-hybridized carbons (Fsp3) is 0.579. The summed E-state index contributed by atoms with van der Waals surface area (Å²) in [5.74, 6) is 0. The molecule has 0 radical (unpaired) electrons. The minimum absolute atomic E-state index is 0.192. The third kappa shape index (κ3) is 2.93. The highest BCUT2D eigenvalue weighted by molar-refractivity contribution is 5.34. The van der Waals surface area contributed by atoms with E-state index in [0.717, 1.165) is 26.1 Å². The molecule has 1 saturated heterocycles. The van der Waals surface area contributed by atoms with Crippen molar-refractivity contribution in [2.45, 2.75) is 50.0 Å². The molecule has 1 aliphatic heterocycles. The van der Waals surface area contributed by atoms with Crippen molar-refractivity contribution in [3.63, 3.8) is 0 Å². The molecule has 0 spiro atoms. The Kier molecular flexibility index (Phi) is 4.77. The van der Waals surface area contributed by atoms with Crippen LogP contribution in [0.25, 0.3) is 0 Å². The second kappa shape index (κ2) is 6.76. The first kappa shape index (κ1) is 14.8. The summed E-state index contributed by atoms with van der Waals surface area (Å²) < 4.78 is 5.68. The van der Waals surface area contributed by atoms with Gasteiger partial charge in [-0.05, 0) is 51.1 Å². The zero-order valence-electron chi connectivity index (χ0n) is 13.1. The molecule has 1 fully saturated rings. The Morgan fingerprint density at radius 3 is 2.48 bits per heavy atom. The van der Waals surface area contributed by atoms with Gasteiger partial charge in [0.05, 0.1) is 0 Å². The standard InChI is InChI=1S/C19H27NO/c1-20-18(16-8-4-2-5-9-16)19(12-14-21-15-13-19)17-10-6-3-7-11-17/h3,6-8,10-11,18,20H,2,4-5,9,12-15H2,1H3. The lowest BCUT2D eigenvalue weighted by Gasteiger charge is -2.45. The van der Waals surface area contributed by atoms with Gasteiger partial charge in [-0.25, -0.2) is 0 Å². The minimum Gasteiger partial charge on any atom is -0.381 e. The van der Waals surface area contributed by atoms with Gasteiger partial charge in [-0.3, -0.25) is 0 Å². The molecular weight excluding hydrogens is 258 g/mol. The summed E-state index contributed by atoms with van der Waals surface area (Å²) in [6, 6.07) is 11.5. The number of hydrogen-bond donors (Lipinski definition) is 1. The highest BCUT2D eigenvalue weighted by atomic mass is 16.5. The van der Waals surface area contributed by atoms with Crippen molar-refractivity contribution < 1.29 is 4.74 Å². The molecule has 21 heavy (non-hydrogen) atoms. The van der Waals surface area contributed by atoms with E-state index in [-0.39, 0.29) is 5.41 Å². The van der Waals surface area contributed by atoms with Crippen LogP contribution in [-0.2, 0) is 10.2 Å². The van der Waals surface area contributed by atoms with E-state index >= 15 is 0 Å². The lowest BCUT2D eigenvalue weighted by molar-refractivity contribution is 0.0398. The van der Waals surface area contributed by atoms with E-state index in [0.29, 0.717) is 6.04 Å². The largest absolute Gasteiger partial charge is 0.381 e. The van der Waals surface area contributed by atoms with Crippen LogP contribution >= 0.6 is 0 Å². The van der Waals surface area contributed by atoms with Crippen molar-refractivity contribution in [2.75, 3.05) is 20.3 Å². The molecule has 1 heterocycles. The van der Waals surface area contributed by atoms with Gasteiger partial charge >= 0.3 is 0 Å². The number of rotatable bonds is 4. The number of nitrogens with one attached hydrogen (secondary N) is 1. The molecule has 2 nitrogen and oxygen atoms in total. The number of benzene rings is 1. The minimum atomic E-state index is 0.192. The summed E-state index contributed by atoms with van der Waals surface area (Å²) in [6.07, 6.45) is 9.90. The maximum Gasteiger partial charge on any atom is 0.0475 e. The third-order valence-electron chi connectivity index (χ3n) is 5.27. The Bertz CT molecular complexity index is 474. The van der Waals surface area contributed by atoms with Gasteiger partial charge in [0.15, 0.2) is 0 Å². The van der Waals surface area contributed by atoms with Crippen molar-refractivity contribution in [1.82, 2.24) is 5.32 Å². The molecular formula is C19H27NO. The van der Waals surface area contributed by atoms with Gasteiger partial charge < -0.3 is 10.1 Å². The summed E-state index contributed by atoms with van der Waals surface area (Å²) in [5.41, 5.74) is 3.28. The van der Waals surface area contributed by atoms with E-state index in [4.69, 9.17) is 4.74 Å². The predicted octanol–water partition coefficient (Wildman–Crippen LogP) is 3.82. The van der Waals surface area contributed by atoms with E-state index in [1.807, 2.05) is 0 Å². The van der Waals surface area contributed by atoms with E-state index in [1.165, 1.54) is 31.2 Å². The summed E-state index contributed by atoms with van der Waals surface area (Å²) in [5, 5.41) is 3.66. The molecule has 1 aromatic rings. The Labute approximate surface area is 128 Å². The smallest absolute Gasteiger partial charge is 0.0475 e. The third-order valence-corrected chi connectivity index (χ3v) is 5.27. The van der Waals surface area contributed by atoms with E-state index < -0.39 is 0 Å². The Balaban J connectivity index is 1.99. The normalized spacial score (nSPS) is 23.4. The van der Waals surface area contributed by atoms with Crippen LogP contribution in [-0.4, -0.2) is 26.3 Å². The first-order chi connectivity index (χ1) is 10.4. The second-order valence-corrected chi connectivity index (χ2v) is 6.38. The molecule has 114 valence electrons. The van der Waals surface area contributed by atoms with Gasteiger partial charge in [-0.15, -0.1) is 0 Å². The molecule has 2 aliphatic rings. The van der Waals surface area contributed by atoms with Crippen LogP contribution in [0.15, 0.2) is 42.0 Å². The fourth-order valence-electron chi connectivity index (χ4n) is 4.19. The molecule has 0 bridgehead atoms. The Hall–Kier alpha value is -1.12. The highest BCUT2D eigenvalue weighted by Gasteiger charge is 2.42. The zero-order valence-corrected chi connectivity index (χ0v) is 13.1. The quantitative estimate of drug-likeness (QED) is 0.849. The summed E-state index contributed by atoms with van der Waals surface area (Å²) in [4.78, 5) is 0. The van der Waals surface area contributed by atoms with Gasteiger partial charge in [-0.1, -0.05) is 42.0 Å². The van der Waals surface area contributed by atoms with Crippen molar-refractivity contribution in [2.24, 2.45) is 0 Å². The molecule has 2 heteroatoms. The van der Waals surface area contributed by atoms with Crippen molar-refractivity contribution in [1.29, 1.82) is 0 Å². The number of allylic oxidation sites excluding steroid dienone is 1. The lowest BCUT2D eigenvalue weighted by Crippen LogP contribution is -2.51. The van der Waals surface area contributed by atoms with Gasteiger partial charge in [0.2, 0.25) is 0 Å². The average Bonchev–Trinajstić information content (AvgIpc) is 2.58. The lowest BCUT2D eigenvalue weighted by atomic mass is 9.65. The number of ether oxygens (including phenoxy) is 1. The van der Waals surface area contributed by atoms with Crippen LogP contribution in [0.5, 0.6) is 0 Å². The van der Waals surface area contributed by atoms with Crippen molar-refractivity contribution in [3.8, 4) is 0 Å². The summed E-state index contributed by atoms with van der Waals surface area (Å²) in [6.45, 7) is 1.75. The van der Waals surface area contributed by atoms with Gasteiger partial charge in [0.25, 0.3) is 0 Å². The van der Waals surface area contributed by atoms with E-state index in [9.17, 15) is 0 Å². The molecule has 1 atom stereocenters. The monoisotopic (exact) mass is 285 g/mol. The average molecular weight is 285 g/mol. The van der Waals surface area contributed by atoms with Gasteiger partial charge in [0, 0.05) is 24.7 Å². The maximum absolute atomic E-state index is 5.68. The molecule has 1 N–H and O–H groups in total. The SMILES string of the molecule is CNC(C1=CCCCC1)C1(c2ccccc2)CCOCC1. The topological polar surface area (TPSA) is 21.3 Å². The fourth-order valence-corrected chi connectivity index (χ4v) is 4.19. The summed E-state index contributed by atoms with van der Waals surface area (Å²) >= 11 is 0. The summed E-state index contributed by atoms with van der Waals surface area (Å²) in [7, 11) is 2.13. The zero-order chi connectivity index (χ0) is 14.5. The van der Waals surface area contributed by atoms with E-state index in [1.54, 1.807) is 5.57 Å². The molecule has 0 amide bonds. The van der Waals surface area contributed by atoms with Crippen LogP contribution < -0.4 is 5.32 Å². The highest BCUT2D eigenvalue weighted by Crippen LogP contribution is 2.42. The van der Waals surface area contributed by atoms with Crippen LogP contribution in [0.1, 0.15) is 44.1 Å². The van der Waals surface area contributed by atoms with Crippen LogP contribution in [0.4, 0.5) is 0 Å². The number of likely N-dealkylation sites (N-methyl/N-ethyl adjacent to an activating group) is 1. The first-order valence-corrected chi connectivity index (χ1v) is 8.36. The Morgan fingerprint density at radius 1 is 1.10 bits per heavy atom. The van der Waals surface area contributed by atoms with Crippen molar-refractivity contribution >= 4 is 0 Å². The molecule has 1 aromatic carbocycles. The van der Waals surface area contributed by atoms with Gasteiger partial charge in [0.1, 0.15) is 0 Å².